The van der Waals surface area contributed by atoms with Gasteiger partial charge in [-0.1, -0.05) is 24.3 Å². The Morgan fingerprint density at radius 2 is 1.93 bits per heavy atom. The minimum atomic E-state index is 0.436. The molecule has 1 aromatic carbocycles. The van der Waals surface area contributed by atoms with Crippen LogP contribution < -0.4 is 5.32 Å². The van der Waals surface area contributed by atoms with Gasteiger partial charge < -0.3 is 10.2 Å². The third-order valence-electron chi connectivity index (χ3n) is 2.66. The molecule has 1 rings (SSSR count). The fourth-order valence-corrected chi connectivity index (χ4v) is 1.69. The number of benzene rings is 1. The van der Waals surface area contributed by atoms with E-state index in [9.17, 15) is 0 Å². The summed E-state index contributed by atoms with van der Waals surface area (Å²) in [6.07, 6.45) is 0. The molecule has 2 heteroatoms. The van der Waals surface area contributed by atoms with Crippen LogP contribution >= 0.6 is 0 Å². The summed E-state index contributed by atoms with van der Waals surface area (Å²) in [5.41, 5.74) is 2.76. The highest BCUT2D eigenvalue weighted by Gasteiger charge is 2.06. The SMILES string of the molecule is Cc1ccccc1[C@@H](C)NCCN(C)C. The van der Waals surface area contributed by atoms with E-state index >= 15 is 0 Å². The molecule has 1 atom stereocenters. The highest BCUT2D eigenvalue weighted by Crippen LogP contribution is 2.15. The summed E-state index contributed by atoms with van der Waals surface area (Å²) in [4.78, 5) is 2.19. The number of hydrogen-bond acceptors (Lipinski definition) is 2. The summed E-state index contributed by atoms with van der Waals surface area (Å²) in [7, 11) is 4.19. The topological polar surface area (TPSA) is 15.3 Å². The van der Waals surface area contributed by atoms with Gasteiger partial charge in [-0.3, -0.25) is 0 Å². The Kier molecular flexibility index (Phi) is 4.79. The van der Waals surface area contributed by atoms with Gasteiger partial charge in [-0.15, -0.1) is 0 Å². The second kappa shape index (κ2) is 5.89. The molecule has 0 radical (unpaired) electrons. The first-order valence-corrected chi connectivity index (χ1v) is 5.55. The molecular formula is C13H22N2. The van der Waals surface area contributed by atoms with E-state index in [1.165, 1.54) is 11.1 Å². The second-order valence-electron chi connectivity index (χ2n) is 4.34. The third-order valence-corrected chi connectivity index (χ3v) is 2.66. The first kappa shape index (κ1) is 12.2. The van der Waals surface area contributed by atoms with Gasteiger partial charge in [-0.25, -0.2) is 0 Å². The van der Waals surface area contributed by atoms with Crippen LogP contribution in [-0.4, -0.2) is 32.1 Å². The van der Waals surface area contributed by atoms with E-state index < -0.39 is 0 Å². The van der Waals surface area contributed by atoms with E-state index in [0.29, 0.717) is 6.04 Å². The van der Waals surface area contributed by atoms with Crippen molar-refractivity contribution >= 4 is 0 Å². The highest BCUT2D eigenvalue weighted by atomic mass is 15.1. The molecule has 0 aliphatic rings. The van der Waals surface area contributed by atoms with Crippen LogP contribution in [0.3, 0.4) is 0 Å². The lowest BCUT2D eigenvalue weighted by Gasteiger charge is -2.18. The summed E-state index contributed by atoms with van der Waals surface area (Å²) in [5.74, 6) is 0. The van der Waals surface area contributed by atoms with Gasteiger partial charge in [0.25, 0.3) is 0 Å². The molecular weight excluding hydrogens is 184 g/mol. The Hall–Kier alpha value is -0.860. The molecule has 0 heterocycles. The maximum absolute atomic E-state index is 3.53. The lowest BCUT2D eigenvalue weighted by molar-refractivity contribution is 0.389. The van der Waals surface area contributed by atoms with Crippen molar-refractivity contribution in [1.29, 1.82) is 0 Å². The third kappa shape index (κ3) is 4.02. The average molecular weight is 206 g/mol. The van der Waals surface area contributed by atoms with Crippen molar-refractivity contribution in [3.05, 3.63) is 35.4 Å². The summed E-state index contributed by atoms with van der Waals surface area (Å²) in [6.45, 7) is 6.50. The van der Waals surface area contributed by atoms with E-state index in [4.69, 9.17) is 0 Å². The maximum atomic E-state index is 3.53. The molecule has 2 nitrogen and oxygen atoms in total. The number of nitrogens with zero attached hydrogens (tertiary/aromatic N) is 1. The summed E-state index contributed by atoms with van der Waals surface area (Å²) in [6, 6.07) is 8.99. The highest BCUT2D eigenvalue weighted by molar-refractivity contribution is 5.28. The lowest BCUT2D eigenvalue weighted by atomic mass is 10.0. The fourth-order valence-electron chi connectivity index (χ4n) is 1.69. The molecule has 0 unspecified atom stereocenters. The average Bonchev–Trinajstić information content (AvgIpc) is 2.17. The molecule has 0 saturated carbocycles. The minimum absolute atomic E-state index is 0.436. The number of rotatable bonds is 5. The van der Waals surface area contributed by atoms with E-state index in [2.05, 4.69) is 62.4 Å². The molecule has 0 fully saturated rings. The monoisotopic (exact) mass is 206 g/mol. The Morgan fingerprint density at radius 1 is 1.27 bits per heavy atom. The van der Waals surface area contributed by atoms with Crippen LogP contribution in [0.15, 0.2) is 24.3 Å². The molecule has 0 amide bonds. The summed E-state index contributed by atoms with van der Waals surface area (Å²) < 4.78 is 0. The van der Waals surface area contributed by atoms with Gasteiger partial charge in [-0.2, -0.15) is 0 Å². The first-order chi connectivity index (χ1) is 7.11. The van der Waals surface area contributed by atoms with E-state index in [1.807, 2.05) is 0 Å². The van der Waals surface area contributed by atoms with Crippen molar-refractivity contribution < 1.29 is 0 Å². The van der Waals surface area contributed by atoms with Gasteiger partial charge in [0.15, 0.2) is 0 Å². The van der Waals surface area contributed by atoms with Crippen molar-refractivity contribution in [2.24, 2.45) is 0 Å². The van der Waals surface area contributed by atoms with Crippen LogP contribution in [-0.2, 0) is 0 Å². The number of nitrogens with one attached hydrogen (secondary N) is 1. The Morgan fingerprint density at radius 3 is 2.53 bits per heavy atom. The maximum Gasteiger partial charge on any atom is 0.0294 e. The number of aryl methyl sites for hydroxylation is 1. The minimum Gasteiger partial charge on any atom is -0.309 e. The zero-order valence-electron chi connectivity index (χ0n) is 10.2. The van der Waals surface area contributed by atoms with Gasteiger partial charge in [-0.05, 0) is 39.1 Å². The molecule has 0 bridgehead atoms. The summed E-state index contributed by atoms with van der Waals surface area (Å²) >= 11 is 0. The molecule has 1 aromatic rings. The number of hydrogen-bond donors (Lipinski definition) is 1. The smallest absolute Gasteiger partial charge is 0.0294 e. The fraction of sp³-hybridized carbons (Fsp3) is 0.538. The molecule has 0 spiro atoms. The van der Waals surface area contributed by atoms with Crippen molar-refractivity contribution in [1.82, 2.24) is 10.2 Å². The normalized spacial score (nSPS) is 13.1. The Balaban J connectivity index is 2.47. The molecule has 0 aliphatic heterocycles. The van der Waals surface area contributed by atoms with Gasteiger partial charge in [0.2, 0.25) is 0 Å². The molecule has 84 valence electrons. The summed E-state index contributed by atoms with van der Waals surface area (Å²) in [5, 5.41) is 3.53. The van der Waals surface area contributed by atoms with Crippen molar-refractivity contribution in [2.75, 3.05) is 27.2 Å². The second-order valence-corrected chi connectivity index (χ2v) is 4.34. The largest absolute Gasteiger partial charge is 0.309 e. The molecule has 0 aromatic heterocycles. The van der Waals surface area contributed by atoms with E-state index in [1.54, 1.807) is 0 Å². The standard InChI is InChI=1S/C13H22N2/c1-11-7-5-6-8-13(11)12(2)14-9-10-15(3)4/h5-8,12,14H,9-10H2,1-4H3/t12-/m1/s1. The van der Waals surface area contributed by atoms with Crippen LogP contribution in [0.2, 0.25) is 0 Å². The molecule has 0 aliphatic carbocycles. The van der Waals surface area contributed by atoms with Crippen LogP contribution in [0.1, 0.15) is 24.1 Å². The van der Waals surface area contributed by atoms with Crippen molar-refractivity contribution in [2.45, 2.75) is 19.9 Å². The zero-order valence-corrected chi connectivity index (χ0v) is 10.2. The van der Waals surface area contributed by atoms with E-state index in [0.717, 1.165) is 13.1 Å². The molecule has 0 saturated heterocycles. The molecule has 1 N–H and O–H groups in total. The van der Waals surface area contributed by atoms with Crippen LogP contribution in [0.25, 0.3) is 0 Å². The predicted molar refractivity (Wildman–Crippen MR) is 66.2 cm³/mol. The van der Waals surface area contributed by atoms with E-state index in [-0.39, 0.29) is 0 Å². The zero-order chi connectivity index (χ0) is 11.3. The quantitative estimate of drug-likeness (QED) is 0.794. The van der Waals surface area contributed by atoms with Crippen LogP contribution in [0, 0.1) is 6.92 Å². The first-order valence-electron chi connectivity index (χ1n) is 5.55. The Bertz CT molecular complexity index is 294. The van der Waals surface area contributed by atoms with Gasteiger partial charge in [0.1, 0.15) is 0 Å². The van der Waals surface area contributed by atoms with Crippen LogP contribution in [0.4, 0.5) is 0 Å². The molecule has 15 heavy (non-hydrogen) atoms. The van der Waals surface area contributed by atoms with Crippen molar-refractivity contribution in [3.63, 3.8) is 0 Å². The van der Waals surface area contributed by atoms with Gasteiger partial charge in [0.05, 0.1) is 0 Å². The Labute approximate surface area is 93.3 Å². The van der Waals surface area contributed by atoms with Crippen molar-refractivity contribution in [3.8, 4) is 0 Å². The number of likely N-dealkylation sites (N-methyl/N-ethyl adjacent to an activating group) is 1. The van der Waals surface area contributed by atoms with Crippen LogP contribution in [0.5, 0.6) is 0 Å². The lowest BCUT2D eigenvalue weighted by Crippen LogP contribution is -2.28. The van der Waals surface area contributed by atoms with Gasteiger partial charge >= 0.3 is 0 Å². The van der Waals surface area contributed by atoms with Gasteiger partial charge in [0, 0.05) is 19.1 Å². The predicted octanol–water partition coefficient (Wildman–Crippen LogP) is 2.21.